The van der Waals surface area contributed by atoms with Crippen LogP contribution in [0.3, 0.4) is 0 Å². The third-order valence-corrected chi connectivity index (χ3v) is 4.86. The molecule has 1 saturated carbocycles. The van der Waals surface area contributed by atoms with Gasteiger partial charge in [0, 0.05) is 13.1 Å². The highest BCUT2D eigenvalue weighted by molar-refractivity contribution is 5.44. The fourth-order valence-corrected chi connectivity index (χ4v) is 3.83. The van der Waals surface area contributed by atoms with E-state index in [1.165, 1.54) is 49.0 Å². The highest BCUT2D eigenvalue weighted by atomic mass is 16.5. The van der Waals surface area contributed by atoms with Gasteiger partial charge in [0.15, 0.2) is 0 Å². The fraction of sp³-hybridized carbons (Fsp3) is 0.625. The average molecular weight is 245 g/mol. The van der Waals surface area contributed by atoms with Gasteiger partial charge in [-0.2, -0.15) is 0 Å². The Kier molecular flexibility index (Phi) is 2.86. The van der Waals surface area contributed by atoms with Crippen molar-refractivity contribution in [1.29, 1.82) is 0 Å². The largest absolute Gasteiger partial charge is 0.496 e. The lowest BCUT2D eigenvalue weighted by atomic mass is 9.78. The maximum absolute atomic E-state index is 5.46. The van der Waals surface area contributed by atoms with Gasteiger partial charge in [-0.1, -0.05) is 12.1 Å². The van der Waals surface area contributed by atoms with Crippen LogP contribution in [0.5, 0.6) is 5.75 Å². The van der Waals surface area contributed by atoms with Gasteiger partial charge in [-0.15, -0.1) is 0 Å². The Bertz CT molecular complexity index is 439. The molecule has 1 unspecified atom stereocenters. The van der Waals surface area contributed by atoms with Gasteiger partial charge >= 0.3 is 0 Å². The summed E-state index contributed by atoms with van der Waals surface area (Å²) in [5.74, 6) is 1.81. The summed E-state index contributed by atoms with van der Waals surface area (Å²) in [4.78, 5) is 0. The van der Waals surface area contributed by atoms with Crippen molar-refractivity contribution < 1.29 is 4.74 Å². The van der Waals surface area contributed by atoms with Crippen molar-refractivity contribution in [2.75, 3.05) is 20.2 Å². The summed E-state index contributed by atoms with van der Waals surface area (Å²) in [7, 11) is 1.76. The van der Waals surface area contributed by atoms with E-state index in [0.29, 0.717) is 5.41 Å². The van der Waals surface area contributed by atoms with Crippen LogP contribution >= 0.6 is 0 Å². The van der Waals surface area contributed by atoms with Crippen LogP contribution in [0.2, 0.25) is 0 Å². The quantitative estimate of drug-likeness (QED) is 0.864. The van der Waals surface area contributed by atoms with Crippen molar-refractivity contribution in [3.63, 3.8) is 0 Å². The molecule has 1 N–H and O–H groups in total. The first-order valence-electron chi connectivity index (χ1n) is 6.99. The molecule has 0 aromatic heterocycles. The van der Waals surface area contributed by atoms with E-state index < -0.39 is 0 Å². The molecule has 2 fully saturated rings. The summed E-state index contributed by atoms with van der Waals surface area (Å²) < 4.78 is 5.46. The van der Waals surface area contributed by atoms with Crippen molar-refractivity contribution in [1.82, 2.24) is 5.32 Å². The molecular weight excluding hydrogens is 222 g/mol. The lowest BCUT2D eigenvalue weighted by Gasteiger charge is -2.39. The second-order valence-corrected chi connectivity index (χ2v) is 6.23. The first kappa shape index (κ1) is 12.0. The Morgan fingerprint density at radius 2 is 1.89 bits per heavy atom. The maximum atomic E-state index is 5.46. The zero-order valence-corrected chi connectivity index (χ0v) is 11.7. The predicted molar refractivity (Wildman–Crippen MR) is 74.4 cm³/mol. The van der Waals surface area contributed by atoms with Gasteiger partial charge in [0.2, 0.25) is 0 Å². The van der Waals surface area contributed by atoms with Crippen LogP contribution in [0.1, 0.15) is 41.9 Å². The van der Waals surface area contributed by atoms with E-state index >= 15 is 0 Å². The lowest BCUT2D eigenvalue weighted by Crippen LogP contribution is -2.51. The number of aryl methyl sites for hydroxylation is 2. The summed E-state index contributed by atoms with van der Waals surface area (Å²) in [5.41, 5.74) is 4.71. The molecule has 18 heavy (non-hydrogen) atoms. The van der Waals surface area contributed by atoms with Crippen molar-refractivity contribution in [3.8, 4) is 5.75 Å². The van der Waals surface area contributed by atoms with Gasteiger partial charge in [0.1, 0.15) is 5.75 Å². The van der Waals surface area contributed by atoms with Crippen molar-refractivity contribution >= 4 is 0 Å². The Labute approximate surface area is 110 Å². The van der Waals surface area contributed by atoms with E-state index in [0.717, 1.165) is 11.7 Å². The van der Waals surface area contributed by atoms with Crippen LogP contribution in [-0.4, -0.2) is 20.2 Å². The van der Waals surface area contributed by atoms with Crippen LogP contribution in [0, 0.1) is 19.3 Å². The van der Waals surface area contributed by atoms with Gasteiger partial charge in [-0.3, -0.25) is 0 Å². The summed E-state index contributed by atoms with van der Waals surface area (Å²) in [5, 5.41) is 3.44. The number of nitrogens with one attached hydrogen (secondary N) is 1. The normalized spacial score (nSPS) is 25.2. The zero-order valence-electron chi connectivity index (χ0n) is 11.7. The minimum Gasteiger partial charge on any atom is -0.496 e. The number of ether oxygens (including phenoxy) is 1. The molecule has 0 bridgehead atoms. The Hall–Kier alpha value is -1.02. The number of benzene rings is 1. The minimum atomic E-state index is 0.631. The van der Waals surface area contributed by atoms with Gasteiger partial charge in [0.25, 0.3) is 0 Å². The lowest BCUT2D eigenvalue weighted by molar-refractivity contribution is 0.175. The molecule has 2 aliphatic rings. The molecule has 1 spiro atoms. The first-order chi connectivity index (χ1) is 8.63. The number of rotatable bonds is 2. The molecule has 1 aromatic rings. The molecular formula is C16H23NO. The van der Waals surface area contributed by atoms with Crippen molar-refractivity contribution in [3.05, 3.63) is 28.8 Å². The summed E-state index contributed by atoms with van der Waals surface area (Å²) >= 11 is 0. The predicted octanol–water partition coefficient (Wildman–Crippen LogP) is 3.17. The molecule has 1 atom stereocenters. The van der Waals surface area contributed by atoms with Crippen LogP contribution in [0.4, 0.5) is 0 Å². The second-order valence-electron chi connectivity index (χ2n) is 6.23. The topological polar surface area (TPSA) is 21.3 Å². The summed E-state index contributed by atoms with van der Waals surface area (Å²) in [6, 6.07) is 4.67. The number of hydrogen-bond acceptors (Lipinski definition) is 2. The minimum absolute atomic E-state index is 0.631. The van der Waals surface area contributed by atoms with E-state index in [9.17, 15) is 0 Å². The van der Waals surface area contributed by atoms with Gasteiger partial charge < -0.3 is 10.1 Å². The van der Waals surface area contributed by atoms with Crippen LogP contribution in [0.15, 0.2) is 12.1 Å². The second kappa shape index (κ2) is 4.27. The highest BCUT2D eigenvalue weighted by Gasteiger charge is 2.43. The van der Waals surface area contributed by atoms with E-state index in [-0.39, 0.29) is 0 Å². The Morgan fingerprint density at radius 3 is 2.33 bits per heavy atom. The van der Waals surface area contributed by atoms with Crippen molar-refractivity contribution in [2.24, 2.45) is 5.41 Å². The Morgan fingerprint density at radius 1 is 1.22 bits per heavy atom. The molecule has 1 heterocycles. The smallest absolute Gasteiger partial charge is 0.124 e. The summed E-state index contributed by atoms with van der Waals surface area (Å²) in [6.07, 6.45) is 4.12. The number of hydrogen-bond donors (Lipinski definition) is 1. The number of methoxy groups -OCH3 is 1. The van der Waals surface area contributed by atoms with Crippen molar-refractivity contribution in [2.45, 2.75) is 39.0 Å². The van der Waals surface area contributed by atoms with Crippen LogP contribution < -0.4 is 10.1 Å². The fourth-order valence-electron chi connectivity index (χ4n) is 3.83. The highest BCUT2D eigenvalue weighted by Crippen LogP contribution is 2.49. The van der Waals surface area contributed by atoms with E-state index in [2.05, 4.69) is 31.3 Å². The molecule has 1 aromatic carbocycles. The van der Waals surface area contributed by atoms with E-state index in [4.69, 9.17) is 4.74 Å². The first-order valence-corrected chi connectivity index (χ1v) is 6.99. The Balaban J connectivity index is 1.85. The molecule has 2 heteroatoms. The third-order valence-electron chi connectivity index (χ3n) is 4.86. The average Bonchev–Trinajstić information content (AvgIpc) is 2.73. The molecule has 0 amide bonds. The molecule has 1 saturated heterocycles. The van der Waals surface area contributed by atoms with Crippen LogP contribution in [-0.2, 0) is 0 Å². The maximum Gasteiger partial charge on any atom is 0.124 e. The zero-order chi connectivity index (χ0) is 12.8. The summed E-state index contributed by atoms with van der Waals surface area (Å²) in [6.45, 7) is 6.78. The molecule has 0 radical (unpaired) electrons. The third kappa shape index (κ3) is 1.83. The molecule has 2 nitrogen and oxygen atoms in total. The van der Waals surface area contributed by atoms with E-state index in [1.807, 2.05) is 0 Å². The molecule has 3 rings (SSSR count). The van der Waals surface area contributed by atoms with Gasteiger partial charge in [0.05, 0.1) is 7.11 Å². The van der Waals surface area contributed by atoms with Crippen LogP contribution in [0.25, 0.3) is 0 Å². The molecule has 1 aliphatic carbocycles. The van der Waals surface area contributed by atoms with Gasteiger partial charge in [-0.25, -0.2) is 0 Å². The molecule has 1 aliphatic heterocycles. The van der Waals surface area contributed by atoms with Gasteiger partial charge in [-0.05, 0) is 61.1 Å². The standard InChI is InChI=1S/C16H23NO/c1-11-6-14(7-12(2)15(11)18-3)13-4-5-16(8-13)9-17-10-16/h6-7,13,17H,4-5,8-10H2,1-3H3. The monoisotopic (exact) mass is 245 g/mol. The van der Waals surface area contributed by atoms with E-state index in [1.54, 1.807) is 7.11 Å². The SMILES string of the molecule is COc1c(C)cc(C2CCC3(CNC3)C2)cc1C. The molecule has 98 valence electrons.